The number of rotatable bonds is 7. The van der Waals surface area contributed by atoms with Gasteiger partial charge < -0.3 is 14.8 Å². The van der Waals surface area contributed by atoms with E-state index in [2.05, 4.69) is 5.32 Å². The minimum atomic E-state index is -3.18. The van der Waals surface area contributed by atoms with Gasteiger partial charge in [-0.2, -0.15) is 0 Å². The Morgan fingerprint density at radius 1 is 1.27 bits per heavy atom. The van der Waals surface area contributed by atoms with Crippen LogP contribution in [0.1, 0.15) is 38.3 Å². The van der Waals surface area contributed by atoms with E-state index in [0.717, 1.165) is 5.56 Å². The fraction of sp³-hybridized carbons (Fsp3) is 0.611. The monoisotopic (exact) mass is 384 g/mol. The molecule has 0 saturated carbocycles. The lowest BCUT2D eigenvalue weighted by atomic mass is 9.96. The van der Waals surface area contributed by atoms with Crippen LogP contribution in [0.4, 0.5) is 0 Å². The third-order valence-electron chi connectivity index (χ3n) is 4.85. The third kappa shape index (κ3) is 4.67. The summed E-state index contributed by atoms with van der Waals surface area (Å²) in [5.41, 5.74) is 0.839. The molecule has 8 heteroatoms. The number of carbonyl (C=O) groups is 1. The molecule has 0 radical (unpaired) electrons. The van der Waals surface area contributed by atoms with E-state index >= 15 is 0 Å². The summed E-state index contributed by atoms with van der Waals surface area (Å²) in [6.45, 7) is 4.32. The number of hydrogen-bond acceptors (Lipinski definition) is 5. The summed E-state index contributed by atoms with van der Waals surface area (Å²) in [5, 5.41) is 3.02. The second-order valence-electron chi connectivity index (χ2n) is 6.41. The van der Waals surface area contributed by atoms with Crippen molar-refractivity contribution in [2.75, 3.05) is 33.1 Å². The number of methoxy groups -OCH3 is 2. The molecule has 1 saturated heterocycles. The molecule has 0 spiro atoms. The molecule has 146 valence electrons. The molecule has 1 aromatic rings. The van der Waals surface area contributed by atoms with Crippen molar-refractivity contribution in [2.24, 2.45) is 5.92 Å². The van der Waals surface area contributed by atoms with Crippen molar-refractivity contribution in [2.45, 2.75) is 32.7 Å². The van der Waals surface area contributed by atoms with Gasteiger partial charge in [-0.1, -0.05) is 0 Å². The molecule has 26 heavy (non-hydrogen) atoms. The van der Waals surface area contributed by atoms with Gasteiger partial charge in [0, 0.05) is 24.6 Å². The molecule has 1 heterocycles. The van der Waals surface area contributed by atoms with Crippen molar-refractivity contribution < 1.29 is 22.7 Å². The number of nitrogens with one attached hydrogen (secondary N) is 1. The smallest absolute Gasteiger partial charge is 0.223 e. The van der Waals surface area contributed by atoms with Crippen LogP contribution in [0.5, 0.6) is 11.5 Å². The molecule has 1 aliphatic rings. The largest absolute Gasteiger partial charge is 0.497 e. The minimum Gasteiger partial charge on any atom is -0.497 e. The molecule has 1 aliphatic heterocycles. The Kier molecular flexibility index (Phi) is 6.88. The predicted molar refractivity (Wildman–Crippen MR) is 99.9 cm³/mol. The molecule has 1 amide bonds. The van der Waals surface area contributed by atoms with Gasteiger partial charge in [-0.3, -0.25) is 4.79 Å². The van der Waals surface area contributed by atoms with Crippen LogP contribution >= 0.6 is 0 Å². The summed E-state index contributed by atoms with van der Waals surface area (Å²) in [5.74, 6) is 1.23. The van der Waals surface area contributed by atoms with E-state index in [1.165, 1.54) is 4.31 Å². The van der Waals surface area contributed by atoms with Crippen molar-refractivity contribution >= 4 is 15.9 Å². The Morgan fingerprint density at radius 3 is 2.46 bits per heavy atom. The molecule has 0 bridgehead atoms. The van der Waals surface area contributed by atoms with Crippen molar-refractivity contribution in [1.82, 2.24) is 9.62 Å². The van der Waals surface area contributed by atoms with Crippen molar-refractivity contribution in [3.63, 3.8) is 0 Å². The average molecular weight is 384 g/mol. The second kappa shape index (κ2) is 8.73. The van der Waals surface area contributed by atoms with Crippen molar-refractivity contribution in [1.29, 1.82) is 0 Å². The number of carbonyl (C=O) groups excluding carboxylic acids is 1. The summed E-state index contributed by atoms with van der Waals surface area (Å²) in [6, 6.07) is 5.22. The number of amides is 1. The first-order chi connectivity index (χ1) is 12.3. The lowest BCUT2D eigenvalue weighted by Gasteiger charge is -2.31. The third-order valence-corrected chi connectivity index (χ3v) is 6.73. The predicted octanol–water partition coefficient (Wildman–Crippen LogP) is 1.94. The molecule has 2 rings (SSSR count). The maximum atomic E-state index is 12.6. The van der Waals surface area contributed by atoms with Gasteiger partial charge in [-0.05, 0) is 44.9 Å². The minimum absolute atomic E-state index is 0.0593. The van der Waals surface area contributed by atoms with Gasteiger partial charge in [0.15, 0.2) is 0 Å². The van der Waals surface area contributed by atoms with E-state index < -0.39 is 10.0 Å². The molecule has 0 unspecified atom stereocenters. The molecule has 1 aromatic carbocycles. The van der Waals surface area contributed by atoms with Crippen molar-refractivity contribution in [3.05, 3.63) is 23.8 Å². The van der Waals surface area contributed by atoms with Crippen LogP contribution < -0.4 is 14.8 Å². The topological polar surface area (TPSA) is 84.9 Å². The number of ether oxygens (including phenoxy) is 2. The van der Waals surface area contributed by atoms with E-state index in [-0.39, 0.29) is 23.6 Å². The molecule has 0 aromatic heterocycles. The second-order valence-corrected chi connectivity index (χ2v) is 8.67. The van der Waals surface area contributed by atoms with Crippen LogP contribution in [-0.2, 0) is 14.8 Å². The van der Waals surface area contributed by atoms with Gasteiger partial charge >= 0.3 is 0 Å². The SMILES string of the molecule is CCS(=O)(=O)N1CCC(C(=O)N[C@H](C)c2cc(OC)ccc2OC)CC1. The van der Waals surface area contributed by atoms with Crippen LogP contribution in [0.2, 0.25) is 0 Å². The Hall–Kier alpha value is -1.80. The molecular weight excluding hydrogens is 356 g/mol. The van der Waals surface area contributed by atoms with Gasteiger partial charge in [-0.15, -0.1) is 0 Å². The Labute approximate surface area is 155 Å². The fourth-order valence-electron chi connectivity index (χ4n) is 3.17. The van der Waals surface area contributed by atoms with E-state index in [0.29, 0.717) is 37.4 Å². The fourth-order valence-corrected chi connectivity index (χ4v) is 4.30. The molecule has 1 fully saturated rings. The summed E-state index contributed by atoms with van der Waals surface area (Å²) in [4.78, 5) is 12.6. The average Bonchev–Trinajstić information content (AvgIpc) is 2.67. The number of nitrogens with zero attached hydrogens (tertiary/aromatic N) is 1. The summed E-state index contributed by atoms with van der Waals surface area (Å²) < 4.78 is 36.0. The highest BCUT2D eigenvalue weighted by Crippen LogP contribution is 2.30. The molecule has 0 aliphatic carbocycles. The normalized spacial score (nSPS) is 17.5. The van der Waals surface area contributed by atoms with Gasteiger partial charge in [0.05, 0.1) is 26.0 Å². The molecule has 1 atom stereocenters. The lowest BCUT2D eigenvalue weighted by Crippen LogP contribution is -2.43. The first kappa shape index (κ1) is 20.5. The molecular formula is C18H28N2O5S. The summed E-state index contributed by atoms with van der Waals surface area (Å²) in [7, 11) is -0.00463. The van der Waals surface area contributed by atoms with E-state index in [4.69, 9.17) is 9.47 Å². The van der Waals surface area contributed by atoms with Gasteiger partial charge in [0.1, 0.15) is 11.5 Å². The van der Waals surface area contributed by atoms with Crippen LogP contribution in [0.25, 0.3) is 0 Å². The van der Waals surface area contributed by atoms with Crippen LogP contribution in [0, 0.1) is 5.92 Å². The zero-order valence-corrected chi connectivity index (χ0v) is 16.6. The number of piperidine rings is 1. The highest BCUT2D eigenvalue weighted by atomic mass is 32.2. The van der Waals surface area contributed by atoms with E-state index in [1.807, 2.05) is 19.1 Å². The van der Waals surface area contributed by atoms with Crippen molar-refractivity contribution in [3.8, 4) is 11.5 Å². The maximum absolute atomic E-state index is 12.6. The van der Waals surface area contributed by atoms with Crippen LogP contribution in [0.15, 0.2) is 18.2 Å². The van der Waals surface area contributed by atoms with Gasteiger partial charge in [0.2, 0.25) is 15.9 Å². The first-order valence-corrected chi connectivity index (χ1v) is 10.4. The van der Waals surface area contributed by atoms with E-state index in [9.17, 15) is 13.2 Å². The quantitative estimate of drug-likeness (QED) is 0.777. The Bertz CT molecular complexity index is 727. The number of hydrogen-bond donors (Lipinski definition) is 1. The zero-order chi connectivity index (χ0) is 19.3. The standard InChI is InChI=1S/C18H28N2O5S/c1-5-26(22,23)20-10-8-14(9-11-20)18(21)19-13(2)16-12-15(24-3)6-7-17(16)25-4/h6-7,12-14H,5,8-11H2,1-4H3,(H,19,21)/t13-/m1/s1. The summed E-state index contributed by atoms with van der Waals surface area (Å²) in [6.07, 6.45) is 1.07. The first-order valence-electron chi connectivity index (χ1n) is 8.82. The highest BCUT2D eigenvalue weighted by molar-refractivity contribution is 7.89. The molecule has 7 nitrogen and oxygen atoms in total. The lowest BCUT2D eigenvalue weighted by molar-refractivity contribution is -0.126. The zero-order valence-electron chi connectivity index (χ0n) is 15.8. The number of benzene rings is 1. The van der Waals surface area contributed by atoms with Gasteiger partial charge in [-0.25, -0.2) is 12.7 Å². The van der Waals surface area contributed by atoms with Crippen LogP contribution in [-0.4, -0.2) is 51.7 Å². The Balaban J connectivity index is 2.00. The Morgan fingerprint density at radius 2 is 1.92 bits per heavy atom. The van der Waals surface area contributed by atoms with E-state index in [1.54, 1.807) is 27.2 Å². The summed E-state index contributed by atoms with van der Waals surface area (Å²) >= 11 is 0. The van der Waals surface area contributed by atoms with Crippen LogP contribution in [0.3, 0.4) is 0 Å². The van der Waals surface area contributed by atoms with Gasteiger partial charge in [0.25, 0.3) is 0 Å². The number of sulfonamides is 1. The maximum Gasteiger partial charge on any atom is 0.223 e. The molecule has 1 N–H and O–H groups in total. The highest BCUT2D eigenvalue weighted by Gasteiger charge is 2.30.